The van der Waals surface area contributed by atoms with Crippen molar-refractivity contribution in [2.75, 3.05) is 20.8 Å². The minimum Gasteiger partial charge on any atom is -0.493 e. The molecular weight excluding hydrogens is 370 g/mol. The van der Waals surface area contributed by atoms with E-state index >= 15 is 0 Å². The second-order valence-electron chi connectivity index (χ2n) is 7.82. The van der Waals surface area contributed by atoms with Crippen LogP contribution in [0, 0.1) is 13.8 Å². The van der Waals surface area contributed by atoms with E-state index in [4.69, 9.17) is 9.47 Å². The molecule has 29 heavy (non-hydrogen) atoms. The molecule has 2 unspecified atom stereocenters. The molecule has 0 spiro atoms. The van der Waals surface area contributed by atoms with E-state index in [0.29, 0.717) is 25.3 Å². The summed E-state index contributed by atoms with van der Waals surface area (Å²) in [5.41, 5.74) is 12.1. The average molecular weight is 399 g/mol. The van der Waals surface area contributed by atoms with Gasteiger partial charge in [-0.25, -0.2) is 10.9 Å². The Hall–Kier alpha value is -2.58. The summed E-state index contributed by atoms with van der Waals surface area (Å²) >= 11 is 0. The second kappa shape index (κ2) is 7.68. The first kappa shape index (κ1) is 19.7. The van der Waals surface area contributed by atoms with Gasteiger partial charge in [-0.05, 0) is 49.9 Å². The van der Waals surface area contributed by atoms with Crippen molar-refractivity contribution in [1.29, 1.82) is 0 Å². The van der Waals surface area contributed by atoms with Crippen molar-refractivity contribution < 1.29 is 14.3 Å². The molecule has 156 valence electrons. The number of hydrogen-bond donors (Lipinski definition) is 2. The number of aromatic nitrogens is 2. The van der Waals surface area contributed by atoms with E-state index in [-0.39, 0.29) is 18.0 Å². The highest BCUT2D eigenvalue weighted by Crippen LogP contribution is 2.34. The standard InChI is InChI=1S/C21H29N5O3/c1-12-20(13(2)25(3)24-12)16-10-17(23-22-16)21(27)26-7-6-14-8-18(28-4)19(29-5)9-15(14)11-26/h8-9,16-17,22-23H,6-7,10-11H2,1-5H3. The molecule has 0 aliphatic carbocycles. The van der Waals surface area contributed by atoms with Crippen LogP contribution in [-0.2, 0) is 24.8 Å². The molecule has 0 bridgehead atoms. The molecule has 1 saturated heterocycles. The first-order chi connectivity index (χ1) is 13.9. The number of fused-ring (bicyclic) bond motifs is 1. The number of hydrogen-bond acceptors (Lipinski definition) is 6. The molecule has 0 saturated carbocycles. The third-order valence-electron chi connectivity index (χ3n) is 6.14. The SMILES string of the molecule is COc1cc2c(cc1OC)CN(C(=O)C1CC(c3c(C)nn(C)c3C)NN1)CC2. The molecule has 4 rings (SSSR count). The van der Waals surface area contributed by atoms with Gasteiger partial charge in [-0.1, -0.05) is 0 Å². The second-order valence-corrected chi connectivity index (χ2v) is 7.82. The van der Waals surface area contributed by atoms with Crippen molar-refractivity contribution in [2.24, 2.45) is 7.05 Å². The van der Waals surface area contributed by atoms with Crippen LogP contribution in [0.4, 0.5) is 0 Å². The maximum atomic E-state index is 13.2. The number of amides is 1. The molecule has 2 atom stereocenters. The smallest absolute Gasteiger partial charge is 0.241 e. The van der Waals surface area contributed by atoms with Gasteiger partial charge in [-0.15, -0.1) is 0 Å². The first-order valence-corrected chi connectivity index (χ1v) is 9.96. The van der Waals surface area contributed by atoms with Crippen molar-refractivity contribution in [1.82, 2.24) is 25.5 Å². The summed E-state index contributed by atoms with van der Waals surface area (Å²) in [4.78, 5) is 15.1. The van der Waals surface area contributed by atoms with Crippen LogP contribution < -0.4 is 20.3 Å². The predicted molar refractivity (Wildman–Crippen MR) is 109 cm³/mol. The highest BCUT2D eigenvalue weighted by atomic mass is 16.5. The van der Waals surface area contributed by atoms with E-state index in [9.17, 15) is 4.79 Å². The highest BCUT2D eigenvalue weighted by molar-refractivity contribution is 5.82. The zero-order valence-corrected chi connectivity index (χ0v) is 17.7. The Bertz CT molecular complexity index is 939. The number of hydrazine groups is 1. The van der Waals surface area contributed by atoms with Crippen LogP contribution in [0.25, 0.3) is 0 Å². The lowest BCUT2D eigenvalue weighted by Crippen LogP contribution is -2.47. The largest absolute Gasteiger partial charge is 0.493 e. The van der Waals surface area contributed by atoms with E-state index in [1.807, 2.05) is 35.7 Å². The molecule has 1 amide bonds. The van der Waals surface area contributed by atoms with Crippen molar-refractivity contribution >= 4 is 5.91 Å². The molecular formula is C21H29N5O3. The van der Waals surface area contributed by atoms with Gasteiger partial charge in [0.05, 0.1) is 26.0 Å². The molecule has 2 aliphatic rings. The van der Waals surface area contributed by atoms with E-state index in [1.54, 1.807) is 14.2 Å². The summed E-state index contributed by atoms with van der Waals surface area (Å²) in [6.07, 6.45) is 1.52. The molecule has 8 heteroatoms. The number of benzene rings is 1. The van der Waals surface area contributed by atoms with Crippen LogP contribution >= 0.6 is 0 Å². The number of nitrogens with zero attached hydrogens (tertiary/aromatic N) is 3. The number of methoxy groups -OCH3 is 2. The lowest BCUT2D eigenvalue weighted by Gasteiger charge is -2.31. The van der Waals surface area contributed by atoms with Gasteiger partial charge in [0, 0.05) is 31.4 Å². The van der Waals surface area contributed by atoms with E-state index < -0.39 is 0 Å². The summed E-state index contributed by atoms with van der Waals surface area (Å²) < 4.78 is 12.7. The third kappa shape index (κ3) is 3.47. The Labute approximate surface area is 171 Å². The zero-order chi connectivity index (χ0) is 20.7. The predicted octanol–water partition coefficient (Wildman–Crippen LogP) is 1.55. The van der Waals surface area contributed by atoms with Gasteiger partial charge < -0.3 is 14.4 Å². The van der Waals surface area contributed by atoms with Crippen molar-refractivity contribution in [3.8, 4) is 11.5 Å². The normalized spacial score (nSPS) is 21.2. The average Bonchev–Trinajstić information content (AvgIpc) is 3.30. The zero-order valence-electron chi connectivity index (χ0n) is 17.7. The van der Waals surface area contributed by atoms with Crippen LogP contribution in [0.3, 0.4) is 0 Å². The third-order valence-corrected chi connectivity index (χ3v) is 6.14. The minimum absolute atomic E-state index is 0.0825. The Morgan fingerprint density at radius 2 is 1.83 bits per heavy atom. The van der Waals surface area contributed by atoms with Gasteiger partial charge in [0.15, 0.2) is 11.5 Å². The van der Waals surface area contributed by atoms with Gasteiger partial charge >= 0.3 is 0 Å². The van der Waals surface area contributed by atoms with Crippen LogP contribution in [0.1, 0.15) is 40.5 Å². The fourth-order valence-corrected chi connectivity index (χ4v) is 4.49. The Morgan fingerprint density at radius 3 is 2.45 bits per heavy atom. The van der Waals surface area contributed by atoms with E-state index in [0.717, 1.165) is 29.1 Å². The number of rotatable bonds is 4. The van der Waals surface area contributed by atoms with Crippen LogP contribution in [0.2, 0.25) is 0 Å². The molecule has 1 fully saturated rings. The number of nitrogens with one attached hydrogen (secondary N) is 2. The number of aryl methyl sites for hydroxylation is 2. The van der Waals surface area contributed by atoms with Crippen molar-refractivity contribution in [2.45, 2.75) is 45.3 Å². The number of ether oxygens (including phenoxy) is 2. The summed E-state index contributed by atoms with van der Waals surface area (Å²) in [7, 11) is 5.22. The van der Waals surface area contributed by atoms with Crippen LogP contribution in [0.15, 0.2) is 12.1 Å². The fourth-order valence-electron chi connectivity index (χ4n) is 4.49. The molecule has 2 N–H and O–H groups in total. The van der Waals surface area contributed by atoms with Crippen molar-refractivity contribution in [3.05, 3.63) is 40.2 Å². The van der Waals surface area contributed by atoms with Crippen LogP contribution in [-0.4, -0.2) is 47.4 Å². The molecule has 8 nitrogen and oxygen atoms in total. The van der Waals surface area contributed by atoms with Gasteiger partial charge in [-0.2, -0.15) is 5.10 Å². The maximum absolute atomic E-state index is 13.2. The maximum Gasteiger partial charge on any atom is 0.241 e. The Morgan fingerprint density at radius 1 is 1.14 bits per heavy atom. The molecule has 1 aromatic carbocycles. The van der Waals surface area contributed by atoms with Crippen LogP contribution in [0.5, 0.6) is 11.5 Å². The fraction of sp³-hybridized carbons (Fsp3) is 0.524. The first-order valence-electron chi connectivity index (χ1n) is 9.96. The van der Waals surface area contributed by atoms with Gasteiger partial charge in [-0.3, -0.25) is 9.48 Å². The molecule has 3 heterocycles. The molecule has 0 radical (unpaired) electrons. The quantitative estimate of drug-likeness (QED) is 0.812. The lowest BCUT2D eigenvalue weighted by atomic mass is 9.96. The lowest BCUT2D eigenvalue weighted by molar-refractivity contribution is -0.134. The van der Waals surface area contributed by atoms with Gasteiger partial charge in [0.1, 0.15) is 6.04 Å². The summed E-state index contributed by atoms with van der Waals surface area (Å²) in [6.45, 7) is 5.37. The van der Waals surface area contributed by atoms with Gasteiger partial charge in [0.25, 0.3) is 0 Å². The monoisotopic (exact) mass is 399 g/mol. The minimum atomic E-state index is -0.249. The van der Waals surface area contributed by atoms with E-state index in [2.05, 4.69) is 22.9 Å². The summed E-state index contributed by atoms with van der Waals surface area (Å²) in [5.74, 6) is 1.56. The summed E-state index contributed by atoms with van der Waals surface area (Å²) in [5, 5.41) is 4.50. The molecule has 1 aromatic heterocycles. The topological polar surface area (TPSA) is 80.7 Å². The Balaban J connectivity index is 1.47. The molecule has 2 aromatic rings. The number of carbonyl (C=O) groups is 1. The van der Waals surface area contributed by atoms with E-state index in [1.165, 1.54) is 11.1 Å². The molecule has 2 aliphatic heterocycles. The summed E-state index contributed by atoms with van der Waals surface area (Å²) in [6, 6.07) is 3.84. The Kier molecular flexibility index (Phi) is 5.23. The highest BCUT2D eigenvalue weighted by Gasteiger charge is 2.36. The van der Waals surface area contributed by atoms with Gasteiger partial charge in [0.2, 0.25) is 5.91 Å². The number of carbonyl (C=O) groups excluding carboxylic acids is 1. The van der Waals surface area contributed by atoms with Crippen molar-refractivity contribution in [3.63, 3.8) is 0 Å².